The molecule has 134 valence electrons. The number of halogens is 1. The monoisotopic (exact) mass is 390 g/mol. The Balaban J connectivity index is 0.00000196. The topological polar surface area (TPSA) is 26.3 Å². The van der Waals surface area contributed by atoms with E-state index < -0.39 is 0 Å². The molecule has 3 rings (SSSR count). The molecule has 1 unspecified atom stereocenters. The van der Waals surface area contributed by atoms with E-state index in [4.69, 9.17) is 16.3 Å². The fourth-order valence-electron chi connectivity index (χ4n) is 2.71. The first kappa shape index (κ1) is 21.7. The Morgan fingerprint density at radius 2 is 1.74 bits per heavy atom. The molecule has 3 aromatic carbocycles. The van der Waals surface area contributed by atoms with Gasteiger partial charge < -0.3 is 6.16 Å². The van der Waals surface area contributed by atoms with E-state index in [1.54, 1.807) is 6.07 Å². The molecule has 3 aromatic rings. The van der Waals surface area contributed by atoms with Crippen molar-refractivity contribution in [1.82, 2.24) is 0 Å². The second-order valence-corrected chi connectivity index (χ2v) is 7.79. The van der Waals surface area contributed by atoms with Crippen LogP contribution in [0.2, 0.25) is 5.02 Å². The van der Waals surface area contributed by atoms with Crippen molar-refractivity contribution in [2.45, 2.75) is 20.5 Å². The van der Waals surface area contributed by atoms with E-state index in [1.807, 2.05) is 74.5 Å². The summed E-state index contributed by atoms with van der Waals surface area (Å²) in [4.78, 5) is 12.7. The van der Waals surface area contributed by atoms with Gasteiger partial charge in [-0.05, 0) is 62.6 Å². The average molecular weight is 391 g/mol. The Hall–Kier alpha value is -1.55. The molecule has 0 bridgehead atoms. The van der Waals surface area contributed by atoms with Crippen LogP contribution in [0.25, 0.3) is 0 Å². The predicted octanol–water partition coefficient (Wildman–Crippen LogP) is 2.80. The summed E-state index contributed by atoms with van der Waals surface area (Å²) in [5.41, 5.74) is 3.77. The van der Waals surface area contributed by atoms with Crippen LogP contribution in [0.3, 0.4) is 0 Å². The van der Waals surface area contributed by atoms with E-state index in [1.165, 1.54) is 0 Å². The van der Waals surface area contributed by atoms with Crippen molar-refractivity contribution in [2.24, 2.45) is 0 Å². The van der Waals surface area contributed by atoms with Crippen LogP contribution in [-0.4, -0.2) is 5.52 Å². The zero-order valence-corrected chi connectivity index (χ0v) is 17.5. The summed E-state index contributed by atoms with van der Waals surface area (Å²) in [5, 5.41) is 1.53. The molecule has 0 aliphatic heterocycles. The van der Waals surface area contributed by atoms with Crippen molar-refractivity contribution < 1.29 is 29.8 Å². The van der Waals surface area contributed by atoms with Gasteiger partial charge >= 0.3 is 18.9 Å². The molecular formula is C22H21ClLiO2P. The van der Waals surface area contributed by atoms with Gasteiger partial charge in [0.2, 0.25) is 0 Å². The van der Waals surface area contributed by atoms with Crippen molar-refractivity contribution in [2.75, 3.05) is 0 Å². The Morgan fingerprint density at radius 1 is 1.00 bits per heavy atom. The fourth-order valence-corrected chi connectivity index (χ4v) is 4.24. The molecule has 0 aliphatic rings. The minimum atomic E-state index is 0. The molecule has 0 N–H and O–H groups in total. The van der Waals surface area contributed by atoms with E-state index in [2.05, 4.69) is 0 Å². The molecular weight excluding hydrogens is 370 g/mol. The van der Waals surface area contributed by atoms with E-state index in [0.717, 1.165) is 27.7 Å². The molecule has 0 fully saturated rings. The summed E-state index contributed by atoms with van der Waals surface area (Å²) in [6.45, 7) is 4.45. The van der Waals surface area contributed by atoms with Gasteiger partial charge in [-0.15, -0.1) is 0 Å². The van der Waals surface area contributed by atoms with Gasteiger partial charge in [0.05, 0.1) is 5.02 Å². The summed E-state index contributed by atoms with van der Waals surface area (Å²) in [7, 11) is 0.0397. The minimum absolute atomic E-state index is 0. The van der Waals surface area contributed by atoms with Crippen molar-refractivity contribution in [3.05, 3.63) is 94.0 Å². The zero-order valence-electron chi connectivity index (χ0n) is 16.8. The smallest absolute Gasteiger partial charge is 1.00 e. The molecule has 0 heterocycles. The fraction of sp³-hybridized carbons (Fsp3) is 0.136. The summed E-state index contributed by atoms with van der Waals surface area (Å²) in [5.74, 6) is 0.807. The van der Waals surface area contributed by atoms with Crippen LogP contribution in [0.15, 0.2) is 66.7 Å². The Kier molecular flexibility index (Phi) is 8.15. The normalized spacial score (nSPS) is 10.6. The Bertz CT molecular complexity index is 915. The SMILES string of the molecule is Cc1cc(OCc2ccccc2)ccc1PC(=O)c1c(C)cccc1Cl.[H-].[Li+]. The van der Waals surface area contributed by atoms with Crippen molar-refractivity contribution >= 4 is 31.0 Å². The van der Waals surface area contributed by atoms with Gasteiger partial charge in [0.15, 0.2) is 5.52 Å². The van der Waals surface area contributed by atoms with Crippen LogP contribution in [0, 0.1) is 13.8 Å². The van der Waals surface area contributed by atoms with Crippen molar-refractivity contribution in [1.29, 1.82) is 0 Å². The average Bonchev–Trinajstić information content (AvgIpc) is 2.63. The van der Waals surface area contributed by atoms with Gasteiger partial charge in [-0.1, -0.05) is 60.1 Å². The predicted molar refractivity (Wildman–Crippen MR) is 112 cm³/mol. The quantitative estimate of drug-likeness (QED) is 0.478. The van der Waals surface area contributed by atoms with Crippen LogP contribution in [0.4, 0.5) is 0 Å². The molecule has 0 aromatic heterocycles. The number of benzene rings is 3. The maximum Gasteiger partial charge on any atom is 1.00 e. The van der Waals surface area contributed by atoms with Gasteiger partial charge in [-0.2, -0.15) is 0 Å². The van der Waals surface area contributed by atoms with Crippen LogP contribution in [0.5, 0.6) is 5.75 Å². The number of ether oxygens (including phenoxy) is 1. The van der Waals surface area contributed by atoms with Crippen LogP contribution >= 0.6 is 20.2 Å². The third-order valence-corrected chi connectivity index (χ3v) is 5.77. The molecule has 2 nitrogen and oxygen atoms in total. The second kappa shape index (κ2) is 10.1. The molecule has 0 saturated carbocycles. The molecule has 0 radical (unpaired) electrons. The zero-order chi connectivity index (χ0) is 18.5. The van der Waals surface area contributed by atoms with Crippen molar-refractivity contribution in [3.63, 3.8) is 0 Å². The summed E-state index contributed by atoms with van der Waals surface area (Å²) in [6, 6.07) is 21.5. The molecule has 0 saturated heterocycles. The third kappa shape index (κ3) is 5.71. The largest absolute Gasteiger partial charge is 1.00 e. The maximum absolute atomic E-state index is 12.7. The van der Waals surface area contributed by atoms with E-state index in [-0.39, 0.29) is 34.4 Å². The van der Waals surface area contributed by atoms with Gasteiger partial charge in [0.1, 0.15) is 12.4 Å². The third-order valence-electron chi connectivity index (χ3n) is 4.14. The molecule has 0 aliphatic carbocycles. The van der Waals surface area contributed by atoms with Crippen LogP contribution in [-0.2, 0) is 6.61 Å². The molecule has 1 atom stereocenters. The van der Waals surface area contributed by atoms with E-state index in [9.17, 15) is 4.79 Å². The first-order valence-corrected chi connectivity index (χ1v) is 9.76. The summed E-state index contributed by atoms with van der Waals surface area (Å²) < 4.78 is 5.85. The second-order valence-electron chi connectivity index (χ2n) is 6.14. The number of hydrogen-bond donors (Lipinski definition) is 0. The number of carbonyl (C=O) groups is 1. The maximum atomic E-state index is 12.7. The molecule has 5 heteroatoms. The first-order chi connectivity index (χ1) is 12.5. The Morgan fingerprint density at radius 3 is 2.41 bits per heavy atom. The van der Waals surface area contributed by atoms with E-state index in [0.29, 0.717) is 17.2 Å². The minimum Gasteiger partial charge on any atom is -1.00 e. The molecule has 27 heavy (non-hydrogen) atoms. The van der Waals surface area contributed by atoms with Gasteiger partial charge in [-0.25, -0.2) is 0 Å². The van der Waals surface area contributed by atoms with Crippen LogP contribution in [0.1, 0.15) is 28.5 Å². The van der Waals surface area contributed by atoms with Gasteiger partial charge in [0, 0.05) is 5.56 Å². The summed E-state index contributed by atoms with van der Waals surface area (Å²) >= 11 is 6.22. The van der Waals surface area contributed by atoms with Gasteiger partial charge in [0.25, 0.3) is 0 Å². The molecule has 0 spiro atoms. The number of hydrogen-bond acceptors (Lipinski definition) is 2. The first-order valence-electron chi connectivity index (χ1n) is 8.38. The number of carbonyl (C=O) groups excluding carboxylic acids is 1. The number of rotatable bonds is 6. The molecule has 0 amide bonds. The van der Waals surface area contributed by atoms with Crippen LogP contribution < -0.4 is 28.9 Å². The standard InChI is InChI=1S/C22H20ClO2P.Li.H/c1-15-7-6-10-19(23)21(15)22(24)26-20-12-11-18(13-16(20)2)25-14-17-8-4-3-5-9-17;;/h3-13,26H,14H2,1-2H3;;/q;+1;-1. The number of aryl methyl sites for hydroxylation is 2. The van der Waals surface area contributed by atoms with E-state index >= 15 is 0 Å². The van der Waals surface area contributed by atoms with Crippen molar-refractivity contribution in [3.8, 4) is 5.75 Å². The summed E-state index contributed by atoms with van der Waals surface area (Å²) in [6.07, 6.45) is 0. The Labute approximate surface area is 180 Å². The van der Waals surface area contributed by atoms with Gasteiger partial charge in [-0.3, -0.25) is 4.79 Å².